The topological polar surface area (TPSA) is 21.3 Å². The van der Waals surface area contributed by atoms with Gasteiger partial charge in [0.2, 0.25) is 0 Å². The molecular weight excluding hydrogens is 194 g/mol. The Morgan fingerprint density at radius 1 is 1.29 bits per heavy atom. The Hall–Kier alpha value is -0.670. The predicted octanol–water partition coefficient (Wildman–Crippen LogP) is 2.03. The van der Waals surface area contributed by atoms with E-state index in [0.29, 0.717) is 5.92 Å². The molecule has 0 spiro atoms. The fourth-order valence-corrected chi connectivity index (χ4v) is 1.91. The fourth-order valence-electron chi connectivity index (χ4n) is 0.976. The van der Waals surface area contributed by atoms with E-state index in [9.17, 15) is 0 Å². The molecule has 0 saturated heterocycles. The first-order chi connectivity index (χ1) is 6.72. The van der Waals surface area contributed by atoms with E-state index in [1.54, 1.807) is 7.11 Å². The minimum Gasteiger partial charge on any atom is -0.497 e. The van der Waals surface area contributed by atoms with Crippen LogP contribution in [0.1, 0.15) is 13.8 Å². The summed E-state index contributed by atoms with van der Waals surface area (Å²) in [6.07, 6.45) is 0. The van der Waals surface area contributed by atoms with Crippen LogP contribution in [0.4, 0.5) is 0 Å². The second kappa shape index (κ2) is 5.94. The van der Waals surface area contributed by atoms with Crippen LogP contribution in [0.25, 0.3) is 0 Å². The maximum Gasteiger partial charge on any atom is 0.173 e. The molecule has 78 valence electrons. The lowest BCUT2D eigenvalue weighted by Gasteiger charge is -2.00. The Morgan fingerprint density at radius 3 is 2.43 bits per heavy atom. The van der Waals surface area contributed by atoms with Gasteiger partial charge in [0.25, 0.3) is 0 Å². The van der Waals surface area contributed by atoms with Gasteiger partial charge in [-0.05, 0) is 30.2 Å². The molecule has 1 aromatic carbocycles. The van der Waals surface area contributed by atoms with Crippen molar-refractivity contribution in [2.75, 3.05) is 13.7 Å². The Morgan fingerprint density at radius 2 is 1.93 bits per heavy atom. The highest BCUT2D eigenvalue weighted by Gasteiger charge is 2.03. The predicted molar refractivity (Wildman–Crippen MR) is 62.9 cm³/mol. The second-order valence-electron chi connectivity index (χ2n) is 3.57. The van der Waals surface area contributed by atoms with E-state index in [-0.39, 0.29) is 0 Å². The quantitative estimate of drug-likeness (QED) is 0.595. The van der Waals surface area contributed by atoms with Gasteiger partial charge in [-0.1, -0.05) is 13.8 Å². The zero-order valence-corrected chi connectivity index (χ0v) is 9.84. The summed E-state index contributed by atoms with van der Waals surface area (Å²) in [5.41, 5.74) is 0. The zero-order valence-electron chi connectivity index (χ0n) is 8.95. The first-order valence-electron chi connectivity index (χ1n) is 4.80. The van der Waals surface area contributed by atoms with Crippen molar-refractivity contribution in [3.63, 3.8) is 0 Å². The van der Waals surface area contributed by atoms with Crippen molar-refractivity contribution in [3.8, 4) is 5.75 Å². The number of hydrogen-bond acceptors (Lipinski definition) is 2. The van der Waals surface area contributed by atoms with Crippen LogP contribution in [-0.4, -0.2) is 13.7 Å². The van der Waals surface area contributed by atoms with E-state index < -0.39 is 0 Å². The van der Waals surface area contributed by atoms with Crippen molar-refractivity contribution >= 4 is 11.9 Å². The molecule has 0 bridgehead atoms. The highest BCUT2D eigenvalue weighted by Crippen LogP contribution is 2.11. The molecule has 1 rings (SSSR count). The average Bonchev–Trinajstić information content (AvgIpc) is 2.18. The molecule has 14 heavy (non-hydrogen) atoms. The first-order valence-corrected chi connectivity index (χ1v) is 5.69. The molecule has 0 aliphatic heterocycles. The number of benzene rings is 1. The van der Waals surface area contributed by atoms with Crippen LogP contribution in [0.15, 0.2) is 29.2 Å². The zero-order chi connectivity index (χ0) is 10.4. The normalized spacial score (nSPS) is 10.6. The molecule has 2 nitrogen and oxygen atoms in total. The minimum atomic E-state index is 0.695. The lowest BCUT2D eigenvalue weighted by atomic mass is 10.2. The Balaban J connectivity index is 2.36. The van der Waals surface area contributed by atoms with E-state index >= 15 is 0 Å². The van der Waals surface area contributed by atoms with E-state index in [2.05, 4.69) is 30.7 Å². The number of methoxy groups -OCH3 is 1. The van der Waals surface area contributed by atoms with Crippen LogP contribution in [0, 0.1) is 5.92 Å². The van der Waals surface area contributed by atoms with E-state index in [1.807, 2.05) is 12.1 Å². The summed E-state index contributed by atoms with van der Waals surface area (Å²) in [6.45, 7) is 5.46. The van der Waals surface area contributed by atoms with Crippen LogP contribution in [0.2, 0.25) is 0 Å². The summed E-state index contributed by atoms with van der Waals surface area (Å²) in [6, 6.07) is 8.13. The Kier molecular flexibility index (Phi) is 4.84. The number of nitrogens with one attached hydrogen (secondary N) is 1. The smallest absolute Gasteiger partial charge is 0.173 e. The van der Waals surface area contributed by atoms with Crippen molar-refractivity contribution in [3.05, 3.63) is 24.3 Å². The van der Waals surface area contributed by atoms with Gasteiger partial charge < -0.3 is 4.74 Å². The second-order valence-corrected chi connectivity index (χ2v) is 4.62. The number of rotatable bonds is 5. The van der Waals surface area contributed by atoms with Gasteiger partial charge in [0.15, 0.2) is 4.90 Å². The van der Waals surface area contributed by atoms with Crippen LogP contribution in [0.5, 0.6) is 5.75 Å². The lowest BCUT2D eigenvalue weighted by molar-refractivity contribution is 0.414. The molecule has 0 unspecified atom stereocenters. The van der Waals surface area contributed by atoms with Gasteiger partial charge in [-0.15, -0.1) is 4.72 Å². The third kappa shape index (κ3) is 4.03. The van der Waals surface area contributed by atoms with Crippen molar-refractivity contribution in [1.82, 2.24) is 4.72 Å². The van der Waals surface area contributed by atoms with Crippen molar-refractivity contribution in [1.29, 1.82) is 0 Å². The van der Waals surface area contributed by atoms with Gasteiger partial charge in [0.05, 0.1) is 19.1 Å². The summed E-state index contributed by atoms with van der Waals surface area (Å²) < 4.78 is 8.46. The highest BCUT2D eigenvalue weighted by molar-refractivity contribution is 7.76. The molecule has 0 aliphatic rings. The maximum absolute atomic E-state index is 5.09. The van der Waals surface area contributed by atoms with Gasteiger partial charge in [-0.3, -0.25) is 0 Å². The van der Waals surface area contributed by atoms with Gasteiger partial charge in [-0.25, -0.2) is 0 Å². The fraction of sp³-hybridized carbons (Fsp3) is 0.455. The third-order valence-electron chi connectivity index (χ3n) is 1.78. The summed E-state index contributed by atoms with van der Waals surface area (Å²) in [4.78, 5) is 1.27. The molecule has 0 aliphatic carbocycles. The van der Waals surface area contributed by atoms with Crippen molar-refractivity contribution in [2.45, 2.75) is 18.7 Å². The minimum absolute atomic E-state index is 0.695. The molecule has 0 saturated carbocycles. The number of ether oxygens (including phenoxy) is 1. The number of thiol groups is 1. The molecule has 0 heterocycles. The summed E-state index contributed by atoms with van der Waals surface area (Å²) in [5.74, 6) is 1.61. The molecular formula is C11H18NOS+. The van der Waals surface area contributed by atoms with Crippen LogP contribution >= 0.6 is 0 Å². The first kappa shape index (κ1) is 11.4. The molecule has 0 aromatic heterocycles. The molecule has 3 heteroatoms. The summed E-state index contributed by atoms with van der Waals surface area (Å²) in [5, 5.41) is 0. The van der Waals surface area contributed by atoms with Gasteiger partial charge in [-0.2, -0.15) is 0 Å². The Bertz CT molecular complexity index is 258. The van der Waals surface area contributed by atoms with Crippen LogP contribution in [-0.2, 0) is 11.9 Å². The third-order valence-corrected chi connectivity index (χ3v) is 2.68. The highest BCUT2D eigenvalue weighted by atomic mass is 32.2. The summed E-state index contributed by atoms with van der Waals surface area (Å²) in [7, 11) is 1.68. The van der Waals surface area contributed by atoms with Crippen LogP contribution in [0.3, 0.4) is 0 Å². The maximum atomic E-state index is 5.09. The molecule has 1 aromatic rings. The standard InChI is InChI=1S/C11H17NOS/c1-9(2)8-12-14-11-6-4-10(13-3)5-7-11/h4-7,9,12H,8H2,1-3H3/p+1. The van der Waals surface area contributed by atoms with Gasteiger partial charge in [0, 0.05) is 6.54 Å². The Labute approximate surface area is 90.2 Å². The van der Waals surface area contributed by atoms with Gasteiger partial charge >= 0.3 is 0 Å². The summed E-state index contributed by atoms with van der Waals surface area (Å²) >= 11 is 1.18. The largest absolute Gasteiger partial charge is 0.497 e. The monoisotopic (exact) mass is 212 g/mol. The van der Waals surface area contributed by atoms with E-state index in [0.717, 1.165) is 12.3 Å². The lowest BCUT2D eigenvalue weighted by Crippen LogP contribution is -2.17. The molecule has 0 amide bonds. The molecule has 0 radical (unpaired) electrons. The molecule has 0 fully saturated rings. The average molecular weight is 212 g/mol. The van der Waals surface area contributed by atoms with Crippen LogP contribution < -0.4 is 9.46 Å². The van der Waals surface area contributed by atoms with Gasteiger partial charge in [0.1, 0.15) is 5.75 Å². The number of hydrogen-bond donors (Lipinski definition) is 1. The SMILES string of the molecule is COc1ccc([SH+]NCC(C)C)cc1. The van der Waals surface area contributed by atoms with E-state index in [4.69, 9.17) is 4.74 Å². The van der Waals surface area contributed by atoms with Crippen molar-refractivity contribution < 1.29 is 4.74 Å². The molecule has 1 N–H and O–H groups in total. The van der Waals surface area contributed by atoms with Crippen molar-refractivity contribution in [2.24, 2.45) is 5.92 Å². The molecule has 0 atom stereocenters. The van der Waals surface area contributed by atoms with E-state index in [1.165, 1.54) is 16.8 Å².